The van der Waals surface area contributed by atoms with Crippen molar-refractivity contribution in [3.05, 3.63) is 33.8 Å². The van der Waals surface area contributed by atoms with Crippen LogP contribution in [0.15, 0.2) is 18.2 Å². The number of rotatable bonds is 5. The predicted molar refractivity (Wildman–Crippen MR) is 74.8 cm³/mol. The number of carboxylic acid groups (broad SMARTS) is 1. The van der Waals surface area contributed by atoms with E-state index in [1.54, 1.807) is 13.0 Å². The van der Waals surface area contributed by atoms with Crippen LogP contribution in [0.3, 0.4) is 0 Å². The van der Waals surface area contributed by atoms with Crippen molar-refractivity contribution in [3.63, 3.8) is 0 Å². The predicted octanol–water partition coefficient (Wildman–Crippen LogP) is 3.22. The Morgan fingerprint density at radius 3 is 2.26 bits per heavy atom. The fourth-order valence-corrected chi connectivity index (χ4v) is 2.18. The van der Waals surface area contributed by atoms with Crippen molar-refractivity contribution < 1.29 is 14.7 Å². The Hall–Kier alpha value is -1.26. The summed E-state index contributed by atoms with van der Waals surface area (Å²) >= 11 is 11.8. The van der Waals surface area contributed by atoms with Gasteiger partial charge in [0.05, 0.1) is 15.6 Å². The number of hydrogen-bond acceptors (Lipinski definition) is 2. The van der Waals surface area contributed by atoms with Crippen LogP contribution in [0.25, 0.3) is 0 Å². The van der Waals surface area contributed by atoms with E-state index in [2.05, 4.69) is 5.32 Å². The minimum atomic E-state index is -1.08. The number of carboxylic acids is 1. The second kappa shape index (κ2) is 6.78. The summed E-state index contributed by atoms with van der Waals surface area (Å²) in [6.45, 7) is 3.61. The van der Waals surface area contributed by atoms with Gasteiger partial charge in [0.25, 0.3) is 5.91 Å². The molecule has 2 atom stereocenters. The average molecular weight is 304 g/mol. The molecule has 0 aromatic heterocycles. The number of carbonyl (C=O) groups excluding carboxylic acids is 1. The first-order chi connectivity index (χ1) is 8.88. The summed E-state index contributed by atoms with van der Waals surface area (Å²) in [6.07, 6.45) is 0.632. The molecular formula is C13H15Cl2NO3. The Labute approximate surface area is 121 Å². The Balaban J connectivity index is 2.98. The largest absolute Gasteiger partial charge is 0.480 e. The summed E-state index contributed by atoms with van der Waals surface area (Å²) in [7, 11) is 0. The zero-order valence-corrected chi connectivity index (χ0v) is 12.1. The third-order valence-electron chi connectivity index (χ3n) is 2.96. The van der Waals surface area contributed by atoms with E-state index in [4.69, 9.17) is 28.3 Å². The van der Waals surface area contributed by atoms with Gasteiger partial charge in [-0.15, -0.1) is 0 Å². The molecule has 0 radical (unpaired) electrons. The summed E-state index contributed by atoms with van der Waals surface area (Å²) in [4.78, 5) is 23.2. The van der Waals surface area contributed by atoms with Crippen LogP contribution < -0.4 is 5.32 Å². The first-order valence-electron chi connectivity index (χ1n) is 5.86. The molecule has 0 aliphatic rings. The van der Waals surface area contributed by atoms with Crippen LogP contribution in [0.4, 0.5) is 0 Å². The first-order valence-corrected chi connectivity index (χ1v) is 6.61. The van der Waals surface area contributed by atoms with Gasteiger partial charge in [0.15, 0.2) is 0 Å². The lowest BCUT2D eigenvalue weighted by atomic mass is 9.99. The SMILES string of the molecule is CCC(C)[C@H](NC(=O)c1c(Cl)cccc1Cl)C(=O)O. The van der Waals surface area contributed by atoms with Gasteiger partial charge >= 0.3 is 5.97 Å². The highest BCUT2D eigenvalue weighted by Gasteiger charge is 2.27. The van der Waals surface area contributed by atoms with Crippen LogP contribution in [0, 0.1) is 5.92 Å². The van der Waals surface area contributed by atoms with Crippen LogP contribution >= 0.6 is 23.2 Å². The lowest BCUT2D eigenvalue weighted by Crippen LogP contribution is -2.45. The fraction of sp³-hybridized carbons (Fsp3) is 0.385. The summed E-state index contributed by atoms with van der Waals surface area (Å²) < 4.78 is 0. The van der Waals surface area contributed by atoms with Crippen molar-refractivity contribution in [1.82, 2.24) is 5.32 Å². The Bertz CT molecular complexity index is 471. The smallest absolute Gasteiger partial charge is 0.326 e. The summed E-state index contributed by atoms with van der Waals surface area (Å²) in [6, 6.07) is 3.71. The molecule has 1 aromatic rings. The second-order valence-electron chi connectivity index (χ2n) is 4.27. The monoisotopic (exact) mass is 303 g/mol. The number of benzene rings is 1. The quantitative estimate of drug-likeness (QED) is 0.877. The maximum absolute atomic E-state index is 12.1. The van der Waals surface area contributed by atoms with Gasteiger partial charge in [-0.2, -0.15) is 0 Å². The maximum atomic E-state index is 12.1. The fourth-order valence-electron chi connectivity index (χ4n) is 1.61. The molecule has 6 heteroatoms. The molecule has 1 aromatic carbocycles. The molecule has 4 nitrogen and oxygen atoms in total. The topological polar surface area (TPSA) is 66.4 Å². The lowest BCUT2D eigenvalue weighted by molar-refractivity contribution is -0.140. The molecule has 1 amide bonds. The van der Waals surface area contributed by atoms with Gasteiger partial charge in [-0.05, 0) is 18.1 Å². The van der Waals surface area contributed by atoms with Crippen LogP contribution in [0.5, 0.6) is 0 Å². The Morgan fingerprint density at radius 1 is 1.32 bits per heavy atom. The number of amides is 1. The molecule has 19 heavy (non-hydrogen) atoms. The highest BCUT2D eigenvalue weighted by molar-refractivity contribution is 6.39. The number of aliphatic carboxylic acids is 1. The van der Waals surface area contributed by atoms with Crippen LogP contribution in [0.2, 0.25) is 10.0 Å². The molecule has 0 saturated carbocycles. The molecule has 0 fully saturated rings. The zero-order chi connectivity index (χ0) is 14.6. The van der Waals surface area contributed by atoms with Gasteiger partial charge in [0.1, 0.15) is 6.04 Å². The third kappa shape index (κ3) is 3.85. The third-order valence-corrected chi connectivity index (χ3v) is 3.59. The zero-order valence-electron chi connectivity index (χ0n) is 10.6. The van der Waals surface area contributed by atoms with Gasteiger partial charge in [-0.1, -0.05) is 49.5 Å². The van der Waals surface area contributed by atoms with Crippen molar-refractivity contribution in [2.75, 3.05) is 0 Å². The van der Waals surface area contributed by atoms with Gasteiger partial charge in [0.2, 0.25) is 0 Å². The van der Waals surface area contributed by atoms with E-state index in [1.165, 1.54) is 12.1 Å². The summed E-state index contributed by atoms with van der Waals surface area (Å²) in [5.74, 6) is -1.85. The maximum Gasteiger partial charge on any atom is 0.326 e. The minimum absolute atomic E-state index is 0.0976. The van der Waals surface area contributed by atoms with E-state index in [1.807, 2.05) is 6.92 Å². The van der Waals surface area contributed by atoms with Gasteiger partial charge in [-0.25, -0.2) is 4.79 Å². The van der Waals surface area contributed by atoms with Crippen LogP contribution in [0.1, 0.15) is 30.6 Å². The summed E-state index contributed by atoms with van der Waals surface area (Å²) in [5, 5.41) is 12.0. The second-order valence-corrected chi connectivity index (χ2v) is 5.09. The summed E-state index contributed by atoms with van der Waals surface area (Å²) in [5.41, 5.74) is 0.0976. The molecule has 1 unspecified atom stereocenters. The first kappa shape index (κ1) is 15.8. The average Bonchev–Trinajstić information content (AvgIpc) is 2.34. The van der Waals surface area contributed by atoms with E-state index >= 15 is 0 Å². The van der Waals surface area contributed by atoms with Crippen molar-refractivity contribution in [3.8, 4) is 0 Å². The van der Waals surface area contributed by atoms with E-state index in [9.17, 15) is 9.59 Å². The van der Waals surface area contributed by atoms with E-state index < -0.39 is 17.9 Å². The van der Waals surface area contributed by atoms with E-state index in [0.29, 0.717) is 6.42 Å². The van der Waals surface area contributed by atoms with Gasteiger partial charge in [0, 0.05) is 0 Å². The van der Waals surface area contributed by atoms with E-state index in [-0.39, 0.29) is 21.5 Å². The molecule has 1 rings (SSSR count). The molecule has 0 bridgehead atoms. The van der Waals surface area contributed by atoms with Crippen LogP contribution in [-0.2, 0) is 4.79 Å². The number of hydrogen-bond donors (Lipinski definition) is 2. The minimum Gasteiger partial charge on any atom is -0.480 e. The lowest BCUT2D eigenvalue weighted by Gasteiger charge is -2.20. The van der Waals surface area contributed by atoms with Crippen molar-refractivity contribution in [2.45, 2.75) is 26.3 Å². The molecule has 0 heterocycles. The standard InChI is InChI=1S/C13H15Cl2NO3/c1-3-7(2)11(13(18)19)16-12(17)10-8(14)5-4-6-9(10)15/h4-7,11H,3H2,1-2H3,(H,16,17)(H,18,19)/t7?,11-/m0/s1. The highest BCUT2D eigenvalue weighted by Crippen LogP contribution is 2.24. The number of halogens is 2. The molecule has 0 spiro atoms. The molecule has 0 saturated heterocycles. The van der Waals surface area contributed by atoms with Crippen LogP contribution in [-0.4, -0.2) is 23.0 Å². The van der Waals surface area contributed by atoms with Crippen molar-refractivity contribution >= 4 is 35.1 Å². The van der Waals surface area contributed by atoms with Gasteiger partial charge < -0.3 is 10.4 Å². The van der Waals surface area contributed by atoms with E-state index in [0.717, 1.165) is 0 Å². The molecule has 0 aliphatic carbocycles. The Kier molecular flexibility index (Phi) is 5.63. The molecular weight excluding hydrogens is 289 g/mol. The number of nitrogens with one attached hydrogen (secondary N) is 1. The molecule has 104 valence electrons. The van der Waals surface area contributed by atoms with Gasteiger partial charge in [-0.3, -0.25) is 4.79 Å². The molecule has 2 N–H and O–H groups in total. The molecule has 0 aliphatic heterocycles. The Morgan fingerprint density at radius 2 is 1.84 bits per heavy atom. The number of carbonyl (C=O) groups is 2. The van der Waals surface area contributed by atoms with Crippen molar-refractivity contribution in [1.29, 1.82) is 0 Å². The normalized spacial score (nSPS) is 13.7. The highest BCUT2D eigenvalue weighted by atomic mass is 35.5. The van der Waals surface area contributed by atoms with Crippen molar-refractivity contribution in [2.24, 2.45) is 5.92 Å².